The molecule has 0 bridgehead atoms. The van der Waals surface area contributed by atoms with Gasteiger partial charge in [-0.1, -0.05) is 28.1 Å². The topological polar surface area (TPSA) is 26.4 Å². The molecule has 4 aromatic rings. The van der Waals surface area contributed by atoms with Crippen LogP contribution in [0.3, 0.4) is 0 Å². The second-order valence-corrected chi connectivity index (χ2v) is 9.79. The number of ether oxygens (including phenoxy) is 2. The number of hydrogen-bond acceptors (Lipinski definition) is 2. The highest BCUT2D eigenvalue weighted by Crippen LogP contribution is 2.43. The Bertz CT molecular complexity index is 1600. The Kier molecular flexibility index (Phi) is 5.64. The molecule has 184 valence electrons. The fourth-order valence-corrected chi connectivity index (χ4v) is 5.39. The number of benzene rings is 3. The van der Waals surface area contributed by atoms with Crippen LogP contribution >= 0.6 is 15.9 Å². The number of rotatable bonds is 5. The number of aromatic nitrogens is 1. The van der Waals surface area contributed by atoms with Crippen molar-refractivity contribution in [2.24, 2.45) is 0 Å². The highest BCUT2D eigenvalue weighted by atomic mass is 79.9. The summed E-state index contributed by atoms with van der Waals surface area (Å²) >= 11 is 3.49. The molecular formula is C29H22BBrF2N2O2. The molecule has 0 spiro atoms. The number of fused-ring (bicyclic) bond motifs is 2. The molecule has 6 rings (SSSR count). The summed E-state index contributed by atoms with van der Waals surface area (Å²) in [5, 5.41) is 0. The zero-order valence-corrected chi connectivity index (χ0v) is 21.7. The van der Waals surface area contributed by atoms with Gasteiger partial charge in [0.2, 0.25) is 0 Å². The van der Waals surface area contributed by atoms with Crippen LogP contribution in [-0.4, -0.2) is 35.9 Å². The summed E-state index contributed by atoms with van der Waals surface area (Å²) in [6.45, 7) is -4.23. The van der Waals surface area contributed by atoms with Crippen molar-refractivity contribution in [2.75, 3.05) is 14.2 Å². The van der Waals surface area contributed by atoms with Crippen molar-refractivity contribution in [3.63, 3.8) is 0 Å². The maximum Gasteiger partial charge on any atom is 0.737 e. The predicted octanol–water partition coefficient (Wildman–Crippen LogP) is 7.00. The second kappa shape index (κ2) is 8.89. The summed E-state index contributed by atoms with van der Waals surface area (Å²) in [7, 11) is 3.16. The molecule has 0 saturated carbocycles. The van der Waals surface area contributed by atoms with Gasteiger partial charge < -0.3 is 27.1 Å². The lowest BCUT2D eigenvalue weighted by molar-refractivity contribution is -0.360. The fraction of sp³-hybridized carbons (Fsp3) is 0.0690. The minimum absolute atomic E-state index is 0.442. The predicted molar refractivity (Wildman–Crippen MR) is 146 cm³/mol. The molecule has 8 heteroatoms. The van der Waals surface area contributed by atoms with E-state index < -0.39 is 6.97 Å². The molecular weight excluding hydrogens is 537 g/mol. The first-order valence-electron chi connectivity index (χ1n) is 11.8. The van der Waals surface area contributed by atoms with Gasteiger partial charge in [0, 0.05) is 33.6 Å². The molecule has 0 fully saturated rings. The Labute approximate surface area is 222 Å². The van der Waals surface area contributed by atoms with Gasteiger partial charge >= 0.3 is 6.97 Å². The van der Waals surface area contributed by atoms with Crippen LogP contribution in [0.1, 0.15) is 16.8 Å². The molecule has 3 aromatic carbocycles. The third-order valence-electron chi connectivity index (χ3n) is 6.87. The van der Waals surface area contributed by atoms with Gasteiger partial charge in [0.05, 0.1) is 19.8 Å². The van der Waals surface area contributed by atoms with E-state index in [9.17, 15) is 0 Å². The average molecular weight is 559 g/mol. The van der Waals surface area contributed by atoms with E-state index in [1.165, 1.54) is 8.96 Å². The van der Waals surface area contributed by atoms with Crippen molar-refractivity contribution in [1.29, 1.82) is 0 Å². The van der Waals surface area contributed by atoms with Crippen molar-refractivity contribution in [2.45, 2.75) is 0 Å². The van der Waals surface area contributed by atoms with E-state index in [4.69, 9.17) is 9.47 Å². The minimum Gasteiger partial charge on any atom is -0.497 e. The SMILES string of the molecule is COc1ccc(C2=[N+]3C(=C(c4ccc(Br)cc4)c4ccc(-c5ccc(OC)cc5)n4[B-]3(F)F)C=C2)cc1. The van der Waals surface area contributed by atoms with E-state index in [2.05, 4.69) is 15.9 Å². The molecule has 0 radical (unpaired) electrons. The van der Waals surface area contributed by atoms with Gasteiger partial charge in [-0.15, -0.1) is 0 Å². The summed E-state index contributed by atoms with van der Waals surface area (Å²) in [4.78, 5) is 0. The maximum absolute atomic E-state index is 16.7. The molecule has 3 heterocycles. The van der Waals surface area contributed by atoms with Crippen molar-refractivity contribution in [1.82, 2.24) is 4.48 Å². The van der Waals surface area contributed by atoms with Crippen molar-refractivity contribution in [3.8, 4) is 22.8 Å². The van der Waals surface area contributed by atoms with Crippen LogP contribution in [0.2, 0.25) is 0 Å². The van der Waals surface area contributed by atoms with Crippen molar-refractivity contribution < 1.29 is 22.6 Å². The summed E-state index contributed by atoms with van der Waals surface area (Å²) in [5.74, 6) is 1.34. The number of halogens is 3. The number of hydrogen-bond donors (Lipinski definition) is 0. The van der Waals surface area contributed by atoms with Crippen LogP contribution in [0.5, 0.6) is 11.5 Å². The molecule has 2 aliphatic rings. The molecule has 0 N–H and O–H groups in total. The molecule has 0 atom stereocenters. The first-order chi connectivity index (χ1) is 17.9. The normalized spacial score (nSPS) is 15.6. The van der Waals surface area contributed by atoms with E-state index in [-0.39, 0.29) is 0 Å². The molecule has 2 aliphatic heterocycles. The van der Waals surface area contributed by atoms with Gasteiger partial charge in [0.15, 0.2) is 11.4 Å². The molecule has 37 heavy (non-hydrogen) atoms. The second-order valence-electron chi connectivity index (χ2n) is 8.87. The van der Waals surface area contributed by atoms with Crippen LogP contribution in [0.4, 0.5) is 8.63 Å². The summed E-state index contributed by atoms with van der Waals surface area (Å²) < 4.78 is 47.3. The lowest BCUT2D eigenvalue weighted by Crippen LogP contribution is -2.51. The van der Waals surface area contributed by atoms with Gasteiger partial charge in [-0.3, -0.25) is 0 Å². The van der Waals surface area contributed by atoms with E-state index >= 15 is 8.63 Å². The third kappa shape index (κ3) is 3.75. The van der Waals surface area contributed by atoms with Gasteiger partial charge in [0.25, 0.3) is 0 Å². The molecule has 0 unspecified atom stereocenters. The summed E-state index contributed by atoms with van der Waals surface area (Å²) in [6.07, 6.45) is 3.56. The van der Waals surface area contributed by atoms with Crippen molar-refractivity contribution >= 4 is 34.2 Å². The molecule has 0 saturated heterocycles. The maximum atomic E-state index is 16.7. The Morgan fingerprint density at radius 1 is 0.676 bits per heavy atom. The smallest absolute Gasteiger partial charge is 0.497 e. The van der Waals surface area contributed by atoms with Crippen LogP contribution in [0, 0.1) is 0 Å². The Hall–Kier alpha value is -3.91. The quantitative estimate of drug-likeness (QED) is 0.246. The van der Waals surface area contributed by atoms with E-state index in [1.807, 2.05) is 48.5 Å². The van der Waals surface area contributed by atoms with Crippen LogP contribution < -0.4 is 9.47 Å². The number of methoxy groups -OCH3 is 2. The molecule has 1 aromatic heterocycles. The van der Waals surface area contributed by atoms with Crippen LogP contribution in [-0.2, 0) is 0 Å². The van der Waals surface area contributed by atoms with Gasteiger partial charge in [0.1, 0.15) is 11.5 Å². The largest absolute Gasteiger partial charge is 0.737 e. The van der Waals surface area contributed by atoms with E-state index in [0.29, 0.717) is 45.4 Å². The zero-order valence-electron chi connectivity index (χ0n) is 20.2. The van der Waals surface area contributed by atoms with Crippen LogP contribution in [0.25, 0.3) is 16.8 Å². The minimum atomic E-state index is -4.23. The number of nitrogens with zero attached hydrogens (tertiary/aromatic N) is 2. The van der Waals surface area contributed by atoms with Crippen molar-refractivity contribution in [3.05, 3.63) is 124 Å². The standard InChI is InChI=1S/C29H22BBrF2N2O2/c1-36-23-11-5-19(6-12-23)25-15-17-27-29(21-3-9-22(31)10-4-21)28-18-16-26(35(28)30(32,33)34(25)27)20-7-13-24(37-2)14-8-20/h3-18H,1-2H3. The third-order valence-corrected chi connectivity index (χ3v) is 7.40. The first kappa shape index (κ1) is 23.5. The lowest BCUT2D eigenvalue weighted by Gasteiger charge is -2.33. The monoisotopic (exact) mass is 558 g/mol. The van der Waals surface area contributed by atoms with Gasteiger partial charge in [-0.25, -0.2) is 0 Å². The first-order valence-corrected chi connectivity index (χ1v) is 12.6. The molecule has 4 nitrogen and oxygen atoms in total. The Balaban J connectivity index is 1.63. The highest BCUT2D eigenvalue weighted by Gasteiger charge is 2.54. The molecule has 0 aliphatic carbocycles. The Morgan fingerprint density at radius 2 is 1.22 bits per heavy atom. The highest BCUT2D eigenvalue weighted by molar-refractivity contribution is 9.10. The van der Waals surface area contributed by atoms with E-state index in [1.54, 1.807) is 62.8 Å². The van der Waals surface area contributed by atoms with Gasteiger partial charge in [-0.05, 0) is 83.9 Å². The lowest BCUT2D eigenvalue weighted by atomic mass is 9.85. The Morgan fingerprint density at radius 3 is 1.81 bits per heavy atom. The van der Waals surface area contributed by atoms with E-state index in [0.717, 1.165) is 15.6 Å². The van der Waals surface area contributed by atoms with Crippen LogP contribution in [0.15, 0.2) is 107 Å². The fourth-order valence-electron chi connectivity index (χ4n) is 5.13. The van der Waals surface area contributed by atoms with Gasteiger partial charge in [-0.2, -0.15) is 0 Å². The summed E-state index contributed by atoms with van der Waals surface area (Å²) in [6, 6.07) is 25.7. The summed E-state index contributed by atoms with van der Waals surface area (Å²) in [5.41, 5.74) is 4.82. The average Bonchev–Trinajstić information content (AvgIpc) is 3.57. The zero-order chi connectivity index (χ0) is 25.7. The molecule has 0 amide bonds. The number of allylic oxidation sites excluding steroid dienone is 2.